The van der Waals surface area contributed by atoms with E-state index in [-0.39, 0.29) is 6.04 Å². The molecule has 2 N–H and O–H groups in total. The third-order valence-corrected chi connectivity index (χ3v) is 4.81. The maximum absolute atomic E-state index is 6.30. The zero-order valence-corrected chi connectivity index (χ0v) is 13.3. The van der Waals surface area contributed by atoms with Crippen molar-refractivity contribution in [1.29, 1.82) is 0 Å². The van der Waals surface area contributed by atoms with Gasteiger partial charge in [-0.1, -0.05) is 36.4 Å². The minimum atomic E-state index is 0.143. The van der Waals surface area contributed by atoms with E-state index in [4.69, 9.17) is 17.3 Å². The molecular formula is C13H16ClN3S2. The normalized spacial score (nSPS) is 12.6. The molecule has 1 aromatic heterocycles. The van der Waals surface area contributed by atoms with Crippen molar-refractivity contribution in [3.05, 3.63) is 34.6 Å². The molecule has 19 heavy (non-hydrogen) atoms. The summed E-state index contributed by atoms with van der Waals surface area (Å²) in [5.74, 6) is 0.886. The monoisotopic (exact) mass is 313 g/mol. The molecule has 0 bridgehead atoms. The molecule has 1 unspecified atom stereocenters. The molecule has 2 aromatic rings. The third-order valence-electron chi connectivity index (χ3n) is 2.52. The molecule has 0 fully saturated rings. The summed E-state index contributed by atoms with van der Waals surface area (Å²) in [7, 11) is 0. The first-order chi connectivity index (χ1) is 9.08. The second-order valence-corrected chi connectivity index (χ2v) is 6.83. The van der Waals surface area contributed by atoms with E-state index in [1.807, 2.05) is 26.0 Å². The van der Waals surface area contributed by atoms with E-state index < -0.39 is 0 Å². The molecule has 1 aromatic carbocycles. The number of benzene rings is 1. The van der Waals surface area contributed by atoms with Crippen molar-refractivity contribution >= 4 is 34.9 Å². The molecule has 0 aliphatic rings. The molecule has 0 saturated carbocycles. The van der Waals surface area contributed by atoms with Gasteiger partial charge in [0.1, 0.15) is 5.82 Å². The van der Waals surface area contributed by atoms with Crippen molar-refractivity contribution in [2.45, 2.75) is 42.0 Å². The second kappa shape index (κ2) is 6.70. The summed E-state index contributed by atoms with van der Waals surface area (Å²) in [6.45, 7) is 4.04. The molecule has 1 heterocycles. The number of nitrogens with two attached hydrogens (primary N) is 1. The van der Waals surface area contributed by atoms with E-state index in [0.29, 0.717) is 0 Å². The lowest BCUT2D eigenvalue weighted by Crippen LogP contribution is -2.17. The molecule has 2 rings (SSSR count). The fourth-order valence-corrected chi connectivity index (χ4v) is 3.62. The standard InChI is InChI=1S/C13H16ClN3S2/c1-3-12-16-13(19-17-12)18-11-5-4-9(6-8(2)15)7-10(11)14/h4-5,7-8H,3,6,15H2,1-2H3. The van der Waals surface area contributed by atoms with Gasteiger partial charge >= 0.3 is 0 Å². The highest BCUT2D eigenvalue weighted by atomic mass is 35.5. The molecule has 0 saturated heterocycles. The van der Waals surface area contributed by atoms with Gasteiger partial charge in [0.15, 0.2) is 4.34 Å². The second-order valence-electron chi connectivity index (χ2n) is 4.38. The Labute approximate surface area is 126 Å². The highest BCUT2D eigenvalue weighted by Gasteiger charge is 2.09. The lowest BCUT2D eigenvalue weighted by Gasteiger charge is -2.07. The van der Waals surface area contributed by atoms with E-state index in [9.17, 15) is 0 Å². The summed E-state index contributed by atoms with van der Waals surface area (Å²) in [5.41, 5.74) is 6.95. The summed E-state index contributed by atoms with van der Waals surface area (Å²) in [4.78, 5) is 5.44. The summed E-state index contributed by atoms with van der Waals surface area (Å²) in [5, 5.41) is 0.747. The molecular weight excluding hydrogens is 298 g/mol. The lowest BCUT2D eigenvalue weighted by atomic mass is 10.1. The summed E-state index contributed by atoms with van der Waals surface area (Å²) >= 11 is 9.27. The Hall–Kier alpha value is -0.620. The maximum Gasteiger partial charge on any atom is 0.174 e. The highest BCUT2D eigenvalue weighted by Crippen LogP contribution is 2.34. The number of aromatic nitrogens is 2. The van der Waals surface area contributed by atoms with Gasteiger partial charge in [-0.3, -0.25) is 0 Å². The van der Waals surface area contributed by atoms with E-state index in [2.05, 4.69) is 15.4 Å². The molecule has 1 atom stereocenters. The van der Waals surface area contributed by atoms with Crippen molar-refractivity contribution in [3.8, 4) is 0 Å². The molecule has 0 radical (unpaired) electrons. The molecule has 0 amide bonds. The Kier molecular flexibility index (Phi) is 5.21. The minimum Gasteiger partial charge on any atom is -0.328 e. The zero-order valence-electron chi connectivity index (χ0n) is 10.9. The van der Waals surface area contributed by atoms with Crippen molar-refractivity contribution < 1.29 is 0 Å². The van der Waals surface area contributed by atoms with Crippen LogP contribution < -0.4 is 5.73 Å². The van der Waals surface area contributed by atoms with Crippen LogP contribution in [0.3, 0.4) is 0 Å². The number of aryl methyl sites for hydroxylation is 1. The van der Waals surface area contributed by atoms with Crippen molar-refractivity contribution in [3.63, 3.8) is 0 Å². The van der Waals surface area contributed by atoms with Crippen molar-refractivity contribution in [2.24, 2.45) is 5.73 Å². The SMILES string of the molecule is CCc1nsc(Sc2ccc(CC(C)N)cc2Cl)n1. The first-order valence-corrected chi connectivity index (χ1v) is 8.09. The van der Waals surface area contributed by atoms with Crippen LogP contribution in [0.25, 0.3) is 0 Å². The van der Waals surface area contributed by atoms with Crippen LogP contribution >= 0.6 is 34.9 Å². The number of nitrogens with zero attached hydrogens (tertiary/aromatic N) is 2. The topological polar surface area (TPSA) is 51.8 Å². The van der Waals surface area contributed by atoms with Gasteiger partial charge in [-0.05, 0) is 42.6 Å². The van der Waals surface area contributed by atoms with Crippen LogP contribution in [0.15, 0.2) is 27.4 Å². The van der Waals surface area contributed by atoms with Crippen LogP contribution in [0.2, 0.25) is 5.02 Å². The molecule has 102 valence electrons. The molecule has 0 aliphatic carbocycles. The van der Waals surface area contributed by atoms with E-state index in [1.165, 1.54) is 11.5 Å². The van der Waals surface area contributed by atoms with Crippen LogP contribution in [0.1, 0.15) is 25.2 Å². The van der Waals surface area contributed by atoms with E-state index in [0.717, 1.165) is 38.5 Å². The van der Waals surface area contributed by atoms with Gasteiger partial charge < -0.3 is 5.73 Å². The first-order valence-electron chi connectivity index (χ1n) is 6.13. The fourth-order valence-electron chi connectivity index (χ4n) is 1.64. The largest absolute Gasteiger partial charge is 0.328 e. The van der Waals surface area contributed by atoms with E-state index >= 15 is 0 Å². The zero-order chi connectivity index (χ0) is 13.8. The van der Waals surface area contributed by atoms with Gasteiger partial charge in [0, 0.05) is 17.4 Å². The van der Waals surface area contributed by atoms with Crippen LogP contribution in [0.5, 0.6) is 0 Å². The maximum atomic E-state index is 6.30. The van der Waals surface area contributed by atoms with Gasteiger partial charge in [0.2, 0.25) is 0 Å². The lowest BCUT2D eigenvalue weighted by molar-refractivity contribution is 0.738. The number of rotatable bonds is 5. The predicted molar refractivity (Wildman–Crippen MR) is 82.2 cm³/mol. The summed E-state index contributed by atoms with van der Waals surface area (Å²) < 4.78 is 5.20. The predicted octanol–water partition coefficient (Wildman–Crippen LogP) is 3.79. The Bertz CT molecular complexity index is 555. The number of hydrogen-bond acceptors (Lipinski definition) is 5. The fraction of sp³-hybridized carbons (Fsp3) is 0.385. The quantitative estimate of drug-likeness (QED) is 0.912. The Morgan fingerprint density at radius 1 is 1.47 bits per heavy atom. The van der Waals surface area contributed by atoms with Crippen LogP contribution in [0, 0.1) is 0 Å². The minimum absolute atomic E-state index is 0.143. The third kappa shape index (κ3) is 4.18. The Balaban J connectivity index is 2.12. The Morgan fingerprint density at radius 3 is 2.84 bits per heavy atom. The van der Waals surface area contributed by atoms with Crippen LogP contribution in [-0.4, -0.2) is 15.4 Å². The van der Waals surface area contributed by atoms with E-state index in [1.54, 1.807) is 11.8 Å². The number of halogens is 1. The van der Waals surface area contributed by atoms with Crippen LogP contribution in [-0.2, 0) is 12.8 Å². The van der Waals surface area contributed by atoms with Gasteiger partial charge in [-0.2, -0.15) is 4.37 Å². The van der Waals surface area contributed by atoms with Gasteiger partial charge in [0.25, 0.3) is 0 Å². The molecule has 3 nitrogen and oxygen atoms in total. The number of hydrogen-bond donors (Lipinski definition) is 1. The highest BCUT2D eigenvalue weighted by molar-refractivity contribution is 8.01. The molecule has 0 spiro atoms. The summed E-state index contributed by atoms with van der Waals surface area (Å²) in [6.07, 6.45) is 1.70. The van der Waals surface area contributed by atoms with Crippen LogP contribution in [0.4, 0.5) is 0 Å². The first kappa shape index (κ1) is 14.8. The van der Waals surface area contributed by atoms with Gasteiger partial charge in [0.05, 0.1) is 5.02 Å². The van der Waals surface area contributed by atoms with Crippen molar-refractivity contribution in [1.82, 2.24) is 9.36 Å². The molecule has 0 aliphatic heterocycles. The van der Waals surface area contributed by atoms with Gasteiger partial charge in [-0.25, -0.2) is 4.98 Å². The Morgan fingerprint density at radius 2 is 2.26 bits per heavy atom. The average molecular weight is 314 g/mol. The average Bonchev–Trinajstić information content (AvgIpc) is 2.80. The van der Waals surface area contributed by atoms with Crippen molar-refractivity contribution in [2.75, 3.05) is 0 Å². The van der Waals surface area contributed by atoms with Gasteiger partial charge in [-0.15, -0.1) is 0 Å². The summed E-state index contributed by atoms with van der Waals surface area (Å²) in [6, 6.07) is 6.22. The smallest absolute Gasteiger partial charge is 0.174 e. The molecule has 6 heteroatoms.